The molecule has 4 heteroatoms. The van der Waals surface area contributed by atoms with Crippen molar-refractivity contribution >= 4 is 36.3 Å². The number of para-hydroxylation sites is 1. The van der Waals surface area contributed by atoms with Gasteiger partial charge < -0.3 is 4.43 Å². The van der Waals surface area contributed by atoms with Crippen molar-refractivity contribution in [1.29, 1.82) is 0 Å². The standard InChI is InChI=1S/C26H31NO2Si/c1-26(2,3)30(4,5)29-17-11-15-21-23-18-20-14-9-10-16-22(20)27(23)25(28)24(21)19-12-7-6-8-13-19/h6-10,12-14,16,18H,11,15,17H2,1-5H3. The van der Waals surface area contributed by atoms with Crippen molar-refractivity contribution in [1.82, 2.24) is 4.57 Å². The van der Waals surface area contributed by atoms with Gasteiger partial charge in [0.2, 0.25) is 0 Å². The predicted molar refractivity (Wildman–Crippen MR) is 128 cm³/mol. The first-order chi connectivity index (χ1) is 14.2. The van der Waals surface area contributed by atoms with Crippen LogP contribution in [0.3, 0.4) is 0 Å². The number of allylic oxidation sites excluding steroid dienone is 2. The first-order valence-electron chi connectivity index (χ1n) is 10.8. The molecule has 2 aromatic carbocycles. The van der Waals surface area contributed by atoms with Crippen LogP contribution in [0.1, 0.15) is 49.7 Å². The summed E-state index contributed by atoms with van der Waals surface area (Å²) in [5.74, 6) is 0.0812. The Labute approximate surface area is 180 Å². The fourth-order valence-corrected chi connectivity index (χ4v) is 5.00. The number of hydrogen-bond acceptors (Lipinski definition) is 2. The average Bonchev–Trinajstić information content (AvgIpc) is 3.20. The second kappa shape index (κ2) is 7.68. The number of benzene rings is 2. The number of hydrogen-bond donors (Lipinski definition) is 0. The average molecular weight is 418 g/mol. The van der Waals surface area contributed by atoms with Gasteiger partial charge >= 0.3 is 0 Å². The minimum Gasteiger partial charge on any atom is -0.417 e. The second-order valence-electron chi connectivity index (χ2n) is 9.66. The Hall–Kier alpha value is -2.43. The van der Waals surface area contributed by atoms with Gasteiger partial charge in [-0.25, -0.2) is 0 Å². The molecule has 0 N–H and O–H groups in total. The molecule has 0 atom stereocenters. The summed E-state index contributed by atoms with van der Waals surface area (Å²) in [5, 5.41) is 1.32. The van der Waals surface area contributed by atoms with E-state index in [9.17, 15) is 4.79 Å². The highest BCUT2D eigenvalue weighted by molar-refractivity contribution is 6.74. The van der Waals surface area contributed by atoms with Gasteiger partial charge in [0.1, 0.15) is 0 Å². The molecule has 0 bridgehead atoms. The third-order valence-corrected chi connectivity index (χ3v) is 11.2. The third kappa shape index (κ3) is 3.59. The normalized spacial score (nSPS) is 14.6. The summed E-state index contributed by atoms with van der Waals surface area (Å²) in [6, 6.07) is 20.4. The van der Waals surface area contributed by atoms with E-state index in [4.69, 9.17) is 4.43 Å². The highest BCUT2D eigenvalue weighted by atomic mass is 28.4. The maximum atomic E-state index is 13.5. The van der Waals surface area contributed by atoms with E-state index in [1.165, 1.54) is 0 Å². The fourth-order valence-electron chi connectivity index (χ4n) is 3.91. The number of fused-ring (bicyclic) bond motifs is 3. The molecule has 0 spiro atoms. The van der Waals surface area contributed by atoms with Crippen LogP contribution in [0, 0.1) is 0 Å². The quantitative estimate of drug-likeness (QED) is 0.319. The number of rotatable bonds is 6. The molecule has 0 radical (unpaired) electrons. The van der Waals surface area contributed by atoms with Gasteiger partial charge in [0, 0.05) is 12.0 Å². The van der Waals surface area contributed by atoms with Crippen molar-refractivity contribution in [2.24, 2.45) is 0 Å². The Balaban J connectivity index is 1.66. The summed E-state index contributed by atoms with van der Waals surface area (Å²) in [5.41, 5.74) is 4.99. The molecule has 1 aromatic heterocycles. The van der Waals surface area contributed by atoms with Crippen LogP contribution in [0.5, 0.6) is 0 Å². The minimum atomic E-state index is -1.76. The molecule has 0 aliphatic carbocycles. The fraction of sp³-hybridized carbons (Fsp3) is 0.346. The lowest BCUT2D eigenvalue weighted by atomic mass is 9.96. The molecular weight excluding hydrogens is 386 g/mol. The molecule has 30 heavy (non-hydrogen) atoms. The zero-order chi connectivity index (χ0) is 21.5. The van der Waals surface area contributed by atoms with E-state index in [0.717, 1.165) is 52.8 Å². The van der Waals surface area contributed by atoms with Crippen LogP contribution in [-0.2, 0) is 4.43 Å². The van der Waals surface area contributed by atoms with Crippen molar-refractivity contribution in [3.63, 3.8) is 0 Å². The van der Waals surface area contributed by atoms with Crippen LogP contribution in [0.4, 0.5) is 0 Å². The van der Waals surface area contributed by atoms with Crippen LogP contribution in [-0.4, -0.2) is 25.4 Å². The maximum absolute atomic E-state index is 13.5. The van der Waals surface area contributed by atoms with Crippen molar-refractivity contribution in [2.75, 3.05) is 6.61 Å². The smallest absolute Gasteiger partial charge is 0.263 e. The van der Waals surface area contributed by atoms with Gasteiger partial charge in [0.15, 0.2) is 8.32 Å². The molecule has 3 nitrogen and oxygen atoms in total. The summed E-state index contributed by atoms with van der Waals surface area (Å²) in [6.45, 7) is 12.1. The van der Waals surface area contributed by atoms with Gasteiger partial charge in [-0.05, 0) is 54.2 Å². The monoisotopic (exact) mass is 417 g/mol. The Morgan fingerprint density at radius 3 is 2.33 bits per heavy atom. The number of carbonyl (C=O) groups is 1. The number of carbonyl (C=O) groups excluding carboxylic acids is 1. The van der Waals surface area contributed by atoms with Crippen molar-refractivity contribution in [3.8, 4) is 0 Å². The Bertz CT molecular complexity index is 1120. The lowest BCUT2D eigenvalue weighted by Crippen LogP contribution is -2.40. The summed E-state index contributed by atoms with van der Waals surface area (Å²) in [6.07, 6.45) is 1.74. The van der Waals surface area contributed by atoms with Crippen molar-refractivity contribution < 1.29 is 9.22 Å². The van der Waals surface area contributed by atoms with Gasteiger partial charge in [-0.15, -0.1) is 0 Å². The van der Waals surface area contributed by atoms with Crippen LogP contribution in [0.2, 0.25) is 18.1 Å². The Morgan fingerprint density at radius 2 is 1.63 bits per heavy atom. The molecule has 0 amide bonds. The van der Waals surface area contributed by atoms with E-state index in [-0.39, 0.29) is 10.9 Å². The summed E-state index contributed by atoms with van der Waals surface area (Å²) >= 11 is 0. The van der Waals surface area contributed by atoms with E-state index < -0.39 is 8.32 Å². The van der Waals surface area contributed by atoms with E-state index in [2.05, 4.69) is 46.0 Å². The van der Waals surface area contributed by atoms with Gasteiger partial charge in [0.25, 0.3) is 5.91 Å². The molecular formula is C26H31NO2Si. The largest absolute Gasteiger partial charge is 0.417 e. The Kier molecular flexibility index (Phi) is 5.33. The van der Waals surface area contributed by atoms with Crippen LogP contribution < -0.4 is 0 Å². The van der Waals surface area contributed by atoms with E-state index in [0.29, 0.717) is 0 Å². The molecule has 0 fully saturated rings. The zero-order valence-corrected chi connectivity index (χ0v) is 19.7. The predicted octanol–water partition coefficient (Wildman–Crippen LogP) is 7.01. The van der Waals surface area contributed by atoms with Gasteiger partial charge in [-0.2, -0.15) is 0 Å². The highest BCUT2D eigenvalue weighted by Gasteiger charge is 2.37. The van der Waals surface area contributed by atoms with E-state index in [1.54, 1.807) is 0 Å². The molecule has 4 rings (SSSR count). The Morgan fingerprint density at radius 1 is 0.967 bits per heavy atom. The SMILES string of the molecule is CC(C)(C)[Si](C)(C)OCCCC1=C(c2ccccc2)C(=O)n2c1cc1ccccc12. The van der Waals surface area contributed by atoms with Gasteiger partial charge in [-0.3, -0.25) is 9.36 Å². The molecule has 2 heterocycles. The zero-order valence-electron chi connectivity index (χ0n) is 18.7. The summed E-state index contributed by atoms with van der Waals surface area (Å²) in [7, 11) is -1.76. The summed E-state index contributed by atoms with van der Waals surface area (Å²) < 4.78 is 8.28. The topological polar surface area (TPSA) is 31.2 Å². The first-order valence-corrected chi connectivity index (χ1v) is 13.7. The lowest BCUT2D eigenvalue weighted by molar-refractivity contribution is 0.0989. The van der Waals surface area contributed by atoms with Gasteiger partial charge in [-0.1, -0.05) is 69.3 Å². The molecule has 156 valence electrons. The third-order valence-electron chi connectivity index (χ3n) is 6.64. The van der Waals surface area contributed by atoms with E-state index in [1.807, 2.05) is 53.1 Å². The van der Waals surface area contributed by atoms with E-state index >= 15 is 0 Å². The number of aromatic nitrogens is 1. The molecule has 0 unspecified atom stereocenters. The molecule has 0 saturated heterocycles. The highest BCUT2D eigenvalue weighted by Crippen LogP contribution is 2.41. The van der Waals surface area contributed by atoms with Crippen LogP contribution >= 0.6 is 0 Å². The van der Waals surface area contributed by atoms with Crippen molar-refractivity contribution in [3.05, 3.63) is 71.9 Å². The molecule has 1 aliphatic rings. The number of nitrogens with zero attached hydrogens (tertiary/aromatic N) is 1. The van der Waals surface area contributed by atoms with Gasteiger partial charge in [0.05, 0.1) is 16.8 Å². The van der Waals surface area contributed by atoms with Crippen molar-refractivity contribution in [2.45, 2.75) is 51.7 Å². The lowest BCUT2D eigenvalue weighted by Gasteiger charge is -2.36. The molecule has 1 aliphatic heterocycles. The van der Waals surface area contributed by atoms with Crippen LogP contribution in [0.25, 0.3) is 22.0 Å². The first kappa shape index (κ1) is 20.8. The second-order valence-corrected chi connectivity index (χ2v) is 14.5. The molecule has 3 aromatic rings. The minimum absolute atomic E-state index is 0.0812. The summed E-state index contributed by atoms with van der Waals surface area (Å²) in [4.78, 5) is 13.5. The van der Waals surface area contributed by atoms with Crippen LogP contribution in [0.15, 0.2) is 60.7 Å². The molecule has 0 saturated carbocycles. The maximum Gasteiger partial charge on any atom is 0.263 e.